The quantitative estimate of drug-likeness (QED) is 0.901. The van der Waals surface area contributed by atoms with E-state index in [1.54, 1.807) is 24.0 Å². The number of carbonyl (C=O) groups is 1. The number of nitrogens with zero attached hydrogens (tertiary/aromatic N) is 2. The Morgan fingerprint density at radius 2 is 2.06 bits per heavy atom. The van der Waals surface area contributed by atoms with Crippen LogP contribution in [0.3, 0.4) is 0 Å². The van der Waals surface area contributed by atoms with Crippen molar-refractivity contribution in [2.45, 2.75) is 19.8 Å². The zero-order valence-electron chi connectivity index (χ0n) is 10.8. The number of aryl methyl sites for hydroxylation is 1. The molecule has 1 aromatic carbocycles. The molecule has 1 amide bonds. The van der Waals surface area contributed by atoms with E-state index in [2.05, 4.69) is 24.1 Å². The van der Waals surface area contributed by atoms with Gasteiger partial charge in [0.1, 0.15) is 0 Å². The SMILES string of the molecule is CC(C)c1ccccc1NC(=O)c1nccn1C. The molecule has 0 aliphatic carbocycles. The summed E-state index contributed by atoms with van der Waals surface area (Å²) in [5.41, 5.74) is 1.97. The predicted molar refractivity (Wildman–Crippen MR) is 71.7 cm³/mol. The van der Waals surface area contributed by atoms with Crippen LogP contribution in [-0.2, 0) is 7.05 Å². The lowest BCUT2D eigenvalue weighted by Gasteiger charge is -2.13. The molecule has 0 spiro atoms. The van der Waals surface area contributed by atoms with Gasteiger partial charge < -0.3 is 9.88 Å². The molecule has 18 heavy (non-hydrogen) atoms. The van der Waals surface area contributed by atoms with Crippen LogP contribution in [0.25, 0.3) is 0 Å². The van der Waals surface area contributed by atoms with Crippen LogP contribution >= 0.6 is 0 Å². The highest BCUT2D eigenvalue weighted by atomic mass is 16.2. The van der Waals surface area contributed by atoms with Crippen LogP contribution in [0.1, 0.15) is 35.9 Å². The predicted octanol–water partition coefficient (Wildman–Crippen LogP) is 2.80. The molecule has 1 heterocycles. The molecule has 0 unspecified atom stereocenters. The first-order valence-electron chi connectivity index (χ1n) is 5.97. The molecule has 2 rings (SSSR count). The Labute approximate surface area is 107 Å². The van der Waals surface area contributed by atoms with Crippen LogP contribution in [-0.4, -0.2) is 15.5 Å². The average molecular weight is 243 g/mol. The summed E-state index contributed by atoms with van der Waals surface area (Å²) < 4.78 is 1.70. The Morgan fingerprint density at radius 3 is 2.67 bits per heavy atom. The fourth-order valence-corrected chi connectivity index (χ4v) is 1.88. The molecule has 1 aromatic heterocycles. The monoisotopic (exact) mass is 243 g/mol. The molecule has 2 aromatic rings. The number of hydrogen-bond acceptors (Lipinski definition) is 2. The first-order valence-corrected chi connectivity index (χ1v) is 5.97. The van der Waals surface area contributed by atoms with Crippen LogP contribution < -0.4 is 5.32 Å². The molecule has 0 atom stereocenters. The summed E-state index contributed by atoms with van der Waals surface area (Å²) in [6.07, 6.45) is 3.37. The lowest BCUT2D eigenvalue weighted by molar-refractivity contribution is 0.101. The highest BCUT2D eigenvalue weighted by Crippen LogP contribution is 2.23. The second kappa shape index (κ2) is 5.04. The van der Waals surface area contributed by atoms with Gasteiger partial charge in [0.05, 0.1) is 0 Å². The molecule has 0 fully saturated rings. The first-order chi connectivity index (χ1) is 8.59. The standard InChI is InChI=1S/C14H17N3O/c1-10(2)11-6-4-5-7-12(11)16-14(18)13-15-8-9-17(13)3/h4-10H,1-3H3,(H,16,18). The Balaban J connectivity index is 2.25. The van der Waals surface area contributed by atoms with E-state index in [1.165, 1.54) is 0 Å². The lowest BCUT2D eigenvalue weighted by Crippen LogP contribution is -2.17. The average Bonchev–Trinajstić information content (AvgIpc) is 2.76. The van der Waals surface area contributed by atoms with E-state index in [0.29, 0.717) is 11.7 Å². The molecular formula is C14H17N3O. The number of benzene rings is 1. The summed E-state index contributed by atoms with van der Waals surface area (Å²) in [5, 5.41) is 2.91. The maximum Gasteiger partial charge on any atom is 0.291 e. The van der Waals surface area contributed by atoms with Crippen LogP contribution in [0.5, 0.6) is 0 Å². The van der Waals surface area contributed by atoms with E-state index in [9.17, 15) is 4.79 Å². The van der Waals surface area contributed by atoms with Crippen molar-refractivity contribution in [2.24, 2.45) is 7.05 Å². The number of para-hydroxylation sites is 1. The van der Waals surface area contributed by atoms with E-state index in [1.807, 2.05) is 24.3 Å². The third-order valence-corrected chi connectivity index (χ3v) is 2.86. The molecule has 0 saturated heterocycles. The smallest absolute Gasteiger partial charge is 0.291 e. The largest absolute Gasteiger partial charge is 0.330 e. The summed E-state index contributed by atoms with van der Waals surface area (Å²) in [6.45, 7) is 4.21. The maximum atomic E-state index is 12.1. The van der Waals surface area contributed by atoms with Gasteiger partial charge in [-0.2, -0.15) is 0 Å². The van der Waals surface area contributed by atoms with Crippen molar-refractivity contribution < 1.29 is 4.79 Å². The minimum Gasteiger partial charge on any atom is -0.330 e. The second-order valence-electron chi connectivity index (χ2n) is 4.56. The second-order valence-corrected chi connectivity index (χ2v) is 4.56. The minimum atomic E-state index is -0.185. The highest BCUT2D eigenvalue weighted by Gasteiger charge is 2.13. The number of hydrogen-bond donors (Lipinski definition) is 1. The van der Waals surface area contributed by atoms with Crippen molar-refractivity contribution in [3.8, 4) is 0 Å². The number of carbonyl (C=O) groups excluding carboxylic acids is 1. The Hall–Kier alpha value is -2.10. The van der Waals surface area contributed by atoms with Crippen molar-refractivity contribution in [1.82, 2.24) is 9.55 Å². The van der Waals surface area contributed by atoms with Gasteiger partial charge in [0.15, 0.2) is 5.82 Å². The van der Waals surface area contributed by atoms with Crippen LogP contribution in [0.4, 0.5) is 5.69 Å². The van der Waals surface area contributed by atoms with Crippen LogP contribution in [0, 0.1) is 0 Å². The zero-order valence-corrected chi connectivity index (χ0v) is 10.8. The van der Waals surface area contributed by atoms with E-state index in [0.717, 1.165) is 11.3 Å². The van der Waals surface area contributed by atoms with E-state index >= 15 is 0 Å². The van der Waals surface area contributed by atoms with Crippen molar-refractivity contribution in [3.63, 3.8) is 0 Å². The summed E-state index contributed by atoms with van der Waals surface area (Å²) >= 11 is 0. The summed E-state index contributed by atoms with van der Waals surface area (Å²) in [6, 6.07) is 7.83. The van der Waals surface area contributed by atoms with E-state index < -0.39 is 0 Å². The summed E-state index contributed by atoms with van der Waals surface area (Å²) in [4.78, 5) is 16.1. The number of amides is 1. The first kappa shape index (κ1) is 12.4. The third-order valence-electron chi connectivity index (χ3n) is 2.86. The molecule has 0 radical (unpaired) electrons. The van der Waals surface area contributed by atoms with Crippen LogP contribution in [0.2, 0.25) is 0 Å². The molecule has 0 bridgehead atoms. The number of imidazole rings is 1. The van der Waals surface area contributed by atoms with Gasteiger partial charge in [0, 0.05) is 25.1 Å². The molecule has 0 saturated carbocycles. The van der Waals surface area contributed by atoms with Crippen LogP contribution in [0.15, 0.2) is 36.7 Å². The number of aromatic nitrogens is 2. The Bertz CT molecular complexity index is 558. The zero-order chi connectivity index (χ0) is 13.1. The third kappa shape index (κ3) is 2.42. The van der Waals surface area contributed by atoms with E-state index in [4.69, 9.17) is 0 Å². The van der Waals surface area contributed by atoms with Crippen molar-refractivity contribution in [2.75, 3.05) is 5.32 Å². The normalized spacial score (nSPS) is 10.7. The lowest BCUT2D eigenvalue weighted by atomic mass is 10.0. The van der Waals surface area contributed by atoms with Gasteiger partial charge in [-0.15, -0.1) is 0 Å². The van der Waals surface area contributed by atoms with Crippen molar-refractivity contribution in [3.05, 3.63) is 48.0 Å². The fourth-order valence-electron chi connectivity index (χ4n) is 1.88. The van der Waals surface area contributed by atoms with Gasteiger partial charge in [0.2, 0.25) is 0 Å². The van der Waals surface area contributed by atoms with Gasteiger partial charge in [-0.3, -0.25) is 4.79 Å². The van der Waals surface area contributed by atoms with Gasteiger partial charge in [0.25, 0.3) is 5.91 Å². The summed E-state index contributed by atoms with van der Waals surface area (Å²) in [5.74, 6) is 0.590. The molecule has 1 N–H and O–H groups in total. The number of rotatable bonds is 3. The van der Waals surface area contributed by atoms with Crippen molar-refractivity contribution in [1.29, 1.82) is 0 Å². The molecule has 0 aliphatic rings. The Morgan fingerprint density at radius 1 is 1.33 bits per heavy atom. The molecule has 0 aliphatic heterocycles. The number of nitrogens with one attached hydrogen (secondary N) is 1. The van der Waals surface area contributed by atoms with E-state index in [-0.39, 0.29) is 5.91 Å². The Kier molecular flexibility index (Phi) is 3.46. The molecule has 4 nitrogen and oxygen atoms in total. The molecule has 94 valence electrons. The topological polar surface area (TPSA) is 46.9 Å². The molecular weight excluding hydrogens is 226 g/mol. The van der Waals surface area contributed by atoms with Gasteiger partial charge in [-0.05, 0) is 17.5 Å². The molecule has 4 heteroatoms. The fraction of sp³-hybridized carbons (Fsp3) is 0.286. The highest BCUT2D eigenvalue weighted by molar-refractivity contribution is 6.02. The minimum absolute atomic E-state index is 0.185. The van der Waals surface area contributed by atoms with Gasteiger partial charge in [-0.25, -0.2) is 4.98 Å². The maximum absolute atomic E-state index is 12.1. The number of anilines is 1. The van der Waals surface area contributed by atoms with Gasteiger partial charge >= 0.3 is 0 Å². The summed E-state index contributed by atoms with van der Waals surface area (Å²) in [7, 11) is 1.80. The van der Waals surface area contributed by atoms with Crippen molar-refractivity contribution >= 4 is 11.6 Å². The van der Waals surface area contributed by atoms with Gasteiger partial charge in [-0.1, -0.05) is 32.0 Å².